The summed E-state index contributed by atoms with van der Waals surface area (Å²) in [6.07, 6.45) is 0.636. The molecule has 1 fully saturated rings. The first-order chi connectivity index (χ1) is 7.49. The van der Waals surface area contributed by atoms with Gasteiger partial charge in [-0.1, -0.05) is 0 Å². The van der Waals surface area contributed by atoms with E-state index in [9.17, 15) is 14.9 Å². The van der Waals surface area contributed by atoms with Gasteiger partial charge in [-0.25, -0.2) is 4.79 Å². The van der Waals surface area contributed by atoms with Crippen molar-refractivity contribution in [2.45, 2.75) is 38.8 Å². The lowest BCUT2D eigenvalue weighted by atomic mass is 10.1. The Morgan fingerprint density at radius 1 is 1.50 bits per heavy atom. The molecule has 0 unspecified atom stereocenters. The summed E-state index contributed by atoms with van der Waals surface area (Å²) >= 11 is 0. The predicted molar refractivity (Wildman–Crippen MR) is 56.3 cm³/mol. The first kappa shape index (κ1) is 12.5. The summed E-state index contributed by atoms with van der Waals surface area (Å²) in [5.41, 5.74) is 0. The summed E-state index contributed by atoms with van der Waals surface area (Å²) in [6, 6.07) is -0.0187. The highest BCUT2D eigenvalue weighted by molar-refractivity contribution is 5.74. The van der Waals surface area contributed by atoms with Crippen LogP contribution in [0.1, 0.15) is 26.7 Å². The maximum Gasteiger partial charge on any atom is 0.317 e. The molecule has 0 aromatic heterocycles. The largest absolute Gasteiger partial charge is 0.336 e. The van der Waals surface area contributed by atoms with Crippen molar-refractivity contribution >= 4 is 6.03 Å². The van der Waals surface area contributed by atoms with Crippen molar-refractivity contribution in [1.82, 2.24) is 10.2 Å². The van der Waals surface area contributed by atoms with Crippen LogP contribution in [-0.4, -0.2) is 41.3 Å². The van der Waals surface area contributed by atoms with E-state index >= 15 is 0 Å². The van der Waals surface area contributed by atoms with Gasteiger partial charge in [0, 0.05) is 19.1 Å². The van der Waals surface area contributed by atoms with Gasteiger partial charge in [-0.15, -0.1) is 10.1 Å². The van der Waals surface area contributed by atoms with Gasteiger partial charge in [0.2, 0.25) is 0 Å². The van der Waals surface area contributed by atoms with E-state index in [1.54, 1.807) is 4.90 Å². The molecule has 1 saturated heterocycles. The van der Waals surface area contributed by atoms with Crippen molar-refractivity contribution in [1.29, 1.82) is 0 Å². The van der Waals surface area contributed by atoms with Gasteiger partial charge in [0.25, 0.3) is 5.09 Å². The van der Waals surface area contributed by atoms with Crippen LogP contribution in [0.15, 0.2) is 0 Å². The predicted octanol–water partition coefficient (Wildman–Crippen LogP) is 0.777. The molecule has 0 aromatic carbocycles. The summed E-state index contributed by atoms with van der Waals surface area (Å²) < 4.78 is 0. The minimum absolute atomic E-state index is 0.0975. The Hall–Kier alpha value is -1.53. The molecule has 1 heterocycles. The number of piperidine rings is 1. The first-order valence-electron chi connectivity index (χ1n) is 5.35. The van der Waals surface area contributed by atoms with Crippen LogP contribution >= 0.6 is 0 Å². The minimum Gasteiger partial charge on any atom is -0.336 e. The zero-order valence-electron chi connectivity index (χ0n) is 9.51. The fraction of sp³-hybridized carbons (Fsp3) is 0.889. The molecular formula is C9H17N3O4. The van der Waals surface area contributed by atoms with Gasteiger partial charge < -0.3 is 15.1 Å². The maximum atomic E-state index is 11.6. The topological polar surface area (TPSA) is 84.7 Å². The third-order valence-electron chi connectivity index (χ3n) is 2.38. The summed E-state index contributed by atoms with van der Waals surface area (Å²) in [4.78, 5) is 27.8. The van der Waals surface area contributed by atoms with Crippen LogP contribution in [0.25, 0.3) is 0 Å². The highest BCUT2D eigenvalue weighted by atomic mass is 17.0. The number of urea groups is 1. The average Bonchev–Trinajstić information content (AvgIpc) is 2.16. The molecular weight excluding hydrogens is 214 g/mol. The van der Waals surface area contributed by atoms with E-state index in [4.69, 9.17) is 0 Å². The van der Waals surface area contributed by atoms with Gasteiger partial charge in [0.15, 0.2) is 0 Å². The number of nitrogens with one attached hydrogen (secondary N) is 1. The first-order valence-corrected chi connectivity index (χ1v) is 5.35. The molecule has 1 aliphatic rings. The van der Waals surface area contributed by atoms with Gasteiger partial charge in [0.1, 0.15) is 6.10 Å². The SMILES string of the molecule is CC(C)NC(=O)N1CCC(O[N+](=O)[O-])CC1. The van der Waals surface area contributed by atoms with E-state index in [1.165, 1.54) is 0 Å². The molecule has 1 rings (SSSR count). The fourth-order valence-electron chi connectivity index (χ4n) is 1.62. The van der Waals surface area contributed by atoms with Gasteiger partial charge in [-0.05, 0) is 26.7 Å². The highest BCUT2D eigenvalue weighted by Gasteiger charge is 2.24. The Labute approximate surface area is 93.8 Å². The Morgan fingerprint density at radius 2 is 2.06 bits per heavy atom. The third kappa shape index (κ3) is 3.92. The lowest BCUT2D eigenvalue weighted by Gasteiger charge is -2.31. The molecule has 0 radical (unpaired) electrons. The molecule has 0 saturated carbocycles. The van der Waals surface area contributed by atoms with Gasteiger partial charge in [0.05, 0.1) is 0 Å². The molecule has 0 spiro atoms. The molecule has 1 aliphatic heterocycles. The Bertz CT molecular complexity index is 261. The molecule has 0 aliphatic carbocycles. The number of hydrogen-bond donors (Lipinski definition) is 1. The minimum atomic E-state index is -0.769. The molecule has 1 N–H and O–H groups in total. The lowest BCUT2D eigenvalue weighted by Crippen LogP contribution is -2.47. The van der Waals surface area contributed by atoms with E-state index < -0.39 is 5.09 Å². The number of nitrogens with zero attached hydrogens (tertiary/aromatic N) is 2. The Balaban J connectivity index is 2.31. The molecule has 7 nitrogen and oxygen atoms in total. The summed E-state index contributed by atoms with van der Waals surface area (Å²) in [7, 11) is 0. The molecule has 16 heavy (non-hydrogen) atoms. The number of carbonyl (C=O) groups is 1. The van der Waals surface area contributed by atoms with Gasteiger partial charge >= 0.3 is 6.03 Å². The van der Waals surface area contributed by atoms with Crippen LogP contribution in [-0.2, 0) is 4.84 Å². The zero-order valence-corrected chi connectivity index (χ0v) is 9.51. The summed E-state index contributed by atoms with van der Waals surface area (Å²) in [5, 5.41) is 12.1. The normalized spacial score (nSPS) is 17.3. The third-order valence-corrected chi connectivity index (χ3v) is 2.38. The molecule has 7 heteroatoms. The van der Waals surface area contributed by atoms with Crippen molar-refractivity contribution in [3.63, 3.8) is 0 Å². The van der Waals surface area contributed by atoms with Gasteiger partial charge in [-0.2, -0.15) is 0 Å². The zero-order chi connectivity index (χ0) is 12.1. The second-order valence-electron chi connectivity index (χ2n) is 4.12. The second-order valence-corrected chi connectivity index (χ2v) is 4.12. The van der Waals surface area contributed by atoms with Crippen LogP contribution in [0, 0.1) is 10.1 Å². The fourth-order valence-corrected chi connectivity index (χ4v) is 1.62. The lowest BCUT2D eigenvalue weighted by molar-refractivity contribution is -0.769. The molecule has 92 valence electrons. The van der Waals surface area contributed by atoms with Crippen LogP contribution in [0.5, 0.6) is 0 Å². The van der Waals surface area contributed by atoms with E-state index in [0.29, 0.717) is 25.9 Å². The van der Waals surface area contributed by atoms with E-state index in [2.05, 4.69) is 10.2 Å². The number of hydrogen-bond acceptors (Lipinski definition) is 4. The molecule has 0 aromatic rings. The highest BCUT2D eigenvalue weighted by Crippen LogP contribution is 2.13. The number of carbonyl (C=O) groups excluding carboxylic acids is 1. The molecule has 0 atom stereocenters. The van der Waals surface area contributed by atoms with E-state index in [0.717, 1.165) is 0 Å². The Kier molecular flexibility index (Phi) is 4.33. The van der Waals surface area contributed by atoms with Crippen LogP contribution < -0.4 is 5.32 Å². The summed E-state index contributed by atoms with van der Waals surface area (Å²) in [6.45, 7) is 4.77. The smallest absolute Gasteiger partial charge is 0.317 e. The Morgan fingerprint density at radius 3 is 2.50 bits per heavy atom. The van der Waals surface area contributed by atoms with Crippen molar-refractivity contribution in [2.24, 2.45) is 0 Å². The maximum absolute atomic E-state index is 11.6. The van der Waals surface area contributed by atoms with Crippen molar-refractivity contribution in [3.8, 4) is 0 Å². The number of likely N-dealkylation sites (tertiary alicyclic amines) is 1. The van der Waals surface area contributed by atoms with Crippen LogP contribution in [0.2, 0.25) is 0 Å². The van der Waals surface area contributed by atoms with E-state index in [1.807, 2.05) is 13.8 Å². The second kappa shape index (κ2) is 5.53. The van der Waals surface area contributed by atoms with Crippen molar-refractivity contribution in [2.75, 3.05) is 13.1 Å². The van der Waals surface area contributed by atoms with Crippen LogP contribution in [0.3, 0.4) is 0 Å². The van der Waals surface area contributed by atoms with E-state index in [-0.39, 0.29) is 18.2 Å². The number of rotatable bonds is 3. The monoisotopic (exact) mass is 231 g/mol. The summed E-state index contributed by atoms with van der Waals surface area (Å²) in [5.74, 6) is 0. The quantitative estimate of drug-likeness (QED) is 0.574. The molecule has 2 amide bonds. The average molecular weight is 231 g/mol. The van der Waals surface area contributed by atoms with Gasteiger partial charge in [-0.3, -0.25) is 0 Å². The molecule has 0 bridgehead atoms. The van der Waals surface area contributed by atoms with Crippen molar-refractivity contribution in [3.05, 3.63) is 10.1 Å². The van der Waals surface area contributed by atoms with Crippen molar-refractivity contribution < 1.29 is 14.7 Å². The standard InChI is InChI=1S/C9H17N3O4/c1-7(2)10-9(13)11-5-3-8(4-6-11)16-12(14)15/h7-8H,3-6H2,1-2H3,(H,10,13). The van der Waals surface area contributed by atoms with Crippen LogP contribution in [0.4, 0.5) is 4.79 Å². The number of amides is 2.